The van der Waals surface area contributed by atoms with Gasteiger partial charge in [-0.3, -0.25) is 9.59 Å². The lowest BCUT2D eigenvalue weighted by Crippen LogP contribution is -2.50. The number of carbonyl (C=O) groups excluding carboxylic acids is 2. The molecular weight excluding hydrogens is 430 g/mol. The third-order valence-corrected chi connectivity index (χ3v) is 8.35. The summed E-state index contributed by atoms with van der Waals surface area (Å²) in [5.41, 5.74) is 0.310. The summed E-state index contributed by atoms with van der Waals surface area (Å²) in [6.45, 7) is 7.04. The molecule has 1 aromatic carbocycles. The molecule has 0 aromatic heterocycles. The van der Waals surface area contributed by atoms with Crippen LogP contribution in [0, 0.1) is 5.92 Å². The summed E-state index contributed by atoms with van der Waals surface area (Å²) < 4.78 is 33.7. The Hall–Kier alpha value is -2.13. The molecule has 2 saturated heterocycles. The molecule has 9 heteroatoms. The topological polar surface area (TPSA) is 96.0 Å². The molecule has 2 fully saturated rings. The second-order valence-corrected chi connectivity index (χ2v) is 10.9. The standard InChI is InChI=1S/C23H35N3O5S/c1-16(2)22(27)24-19-9-7-12-25(15-19)23(28)18-10-11-20(31-4)21(14-18)32(29,30)26-13-6-5-8-17(26)3/h10-11,14,16-17,19H,5-9,12-13,15H2,1-4H3,(H,24,27). The number of ether oxygens (including phenoxy) is 1. The molecular formula is C23H35N3O5S. The average Bonchev–Trinajstić information content (AvgIpc) is 2.78. The number of nitrogens with one attached hydrogen (secondary N) is 1. The zero-order valence-corrected chi connectivity index (χ0v) is 20.3. The van der Waals surface area contributed by atoms with Crippen LogP contribution >= 0.6 is 0 Å². The number of hydrogen-bond donors (Lipinski definition) is 1. The lowest BCUT2D eigenvalue weighted by atomic mass is 10.0. The molecule has 2 amide bonds. The second-order valence-electron chi connectivity index (χ2n) is 9.08. The minimum atomic E-state index is -3.80. The molecule has 2 aliphatic heterocycles. The predicted octanol–water partition coefficient (Wildman–Crippen LogP) is 2.64. The Morgan fingerprint density at radius 2 is 1.88 bits per heavy atom. The number of sulfonamides is 1. The van der Waals surface area contributed by atoms with Crippen LogP contribution in [0.4, 0.5) is 0 Å². The summed E-state index contributed by atoms with van der Waals surface area (Å²) in [4.78, 5) is 27.0. The molecule has 32 heavy (non-hydrogen) atoms. The van der Waals surface area contributed by atoms with Crippen molar-refractivity contribution in [2.24, 2.45) is 5.92 Å². The van der Waals surface area contributed by atoms with E-state index in [1.807, 2.05) is 20.8 Å². The van der Waals surface area contributed by atoms with Gasteiger partial charge < -0.3 is 15.0 Å². The summed E-state index contributed by atoms with van der Waals surface area (Å²) in [6, 6.07) is 4.41. The third kappa shape index (κ3) is 5.26. The van der Waals surface area contributed by atoms with E-state index in [4.69, 9.17) is 4.74 Å². The van der Waals surface area contributed by atoms with Gasteiger partial charge in [-0.15, -0.1) is 0 Å². The van der Waals surface area contributed by atoms with Crippen LogP contribution in [0.15, 0.2) is 23.1 Å². The molecule has 0 aliphatic carbocycles. The molecule has 2 unspecified atom stereocenters. The first-order valence-electron chi connectivity index (χ1n) is 11.4. The van der Waals surface area contributed by atoms with Gasteiger partial charge in [-0.05, 0) is 50.8 Å². The predicted molar refractivity (Wildman–Crippen MR) is 122 cm³/mol. The van der Waals surface area contributed by atoms with E-state index in [0.717, 1.165) is 32.1 Å². The summed E-state index contributed by atoms with van der Waals surface area (Å²) >= 11 is 0. The maximum absolute atomic E-state index is 13.4. The number of amides is 2. The van der Waals surface area contributed by atoms with Crippen LogP contribution in [-0.4, -0.2) is 68.3 Å². The minimum Gasteiger partial charge on any atom is -0.495 e. The Balaban J connectivity index is 1.84. The average molecular weight is 466 g/mol. The fourth-order valence-corrected chi connectivity index (χ4v) is 6.28. The number of carbonyl (C=O) groups is 2. The molecule has 3 rings (SSSR count). The molecule has 1 N–H and O–H groups in total. The largest absolute Gasteiger partial charge is 0.495 e. The lowest BCUT2D eigenvalue weighted by molar-refractivity contribution is -0.125. The van der Waals surface area contributed by atoms with Crippen LogP contribution < -0.4 is 10.1 Å². The van der Waals surface area contributed by atoms with Gasteiger partial charge in [0.25, 0.3) is 5.91 Å². The zero-order chi connectivity index (χ0) is 23.5. The highest BCUT2D eigenvalue weighted by Gasteiger charge is 2.34. The molecule has 2 atom stereocenters. The van der Waals surface area contributed by atoms with Crippen molar-refractivity contribution in [3.63, 3.8) is 0 Å². The lowest BCUT2D eigenvalue weighted by Gasteiger charge is -2.34. The van der Waals surface area contributed by atoms with E-state index >= 15 is 0 Å². The van der Waals surface area contributed by atoms with Crippen LogP contribution in [0.25, 0.3) is 0 Å². The highest BCUT2D eigenvalue weighted by molar-refractivity contribution is 7.89. The maximum atomic E-state index is 13.4. The molecule has 1 aromatic rings. The fraction of sp³-hybridized carbons (Fsp3) is 0.652. The van der Waals surface area contributed by atoms with Gasteiger partial charge in [0.05, 0.1) is 7.11 Å². The van der Waals surface area contributed by atoms with Crippen LogP contribution in [0.2, 0.25) is 0 Å². The highest BCUT2D eigenvalue weighted by Crippen LogP contribution is 2.32. The molecule has 0 bridgehead atoms. The van der Waals surface area contributed by atoms with E-state index in [0.29, 0.717) is 25.2 Å². The highest BCUT2D eigenvalue weighted by atomic mass is 32.2. The smallest absolute Gasteiger partial charge is 0.253 e. The Labute approximate surface area is 191 Å². The molecule has 0 saturated carbocycles. The SMILES string of the molecule is COc1ccc(C(=O)N2CCCC(NC(=O)C(C)C)C2)cc1S(=O)(=O)N1CCCCC1C. The van der Waals surface area contributed by atoms with E-state index in [9.17, 15) is 18.0 Å². The molecule has 0 radical (unpaired) electrons. The van der Waals surface area contributed by atoms with Gasteiger partial charge >= 0.3 is 0 Å². The number of piperidine rings is 2. The van der Waals surface area contributed by atoms with Crippen molar-refractivity contribution in [1.82, 2.24) is 14.5 Å². The Kier molecular flexibility index (Phi) is 7.82. The summed E-state index contributed by atoms with van der Waals surface area (Å²) in [7, 11) is -2.36. The van der Waals surface area contributed by atoms with Crippen LogP contribution in [-0.2, 0) is 14.8 Å². The monoisotopic (exact) mass is 465 g/mol. The van der Waals surface area contributed by atoms with E-state index < -0.39 is 10.0 Å². The number of hydrogen-bond acceptors (Lipinski definition) is 5. The van der Waals surface area contributed by atoms with E-state index in [1.54, 1.807) is 17.0 Å². The van der Waals surface area contributed by atoms with Gasteiger partial charge in [-0.1, -0.05) is 20.3 Å². The quantitative estimate of drug-likeness (QED) is 0.697. The fourth-order valence-electron chi connectivity index (χ4n) is 4.40. The first-order valence-corrected chi connectivity index (χ1v) is 12.9. The Bertz CT molecular complexity index is 947. The van der Waals surface area contributed by atoms with Crippen molar-refractivity contribution in [2.75, 3.05) is 26.7 Å². The van der Waals surface area contributed by atoms with Crippen LogP contribution in [0.5, 0.6) is 5.75 Å². The molecule has 178 valence electrons. The number of benzene rings is 1. The summed E-state index contributed by atoms with van der Waals surface area (Å²) in [5, 5.41) is 3.00. The van der Waals surface area contributed by atoms with Gasteiger partial charge in [-0.25, -0.2) is 8.42 Å². The van der Waals surface area contributed by atoms with Crippen molar-refractivity contribution in [1.29, 1.82) is 0 Å². The number of likely N-dealkylation sites (tertiary alicyclic amines) is 1. The Morgan fingerprint density at radius 1 is 1.12 bits per heavy atom. The van der Waals surface area contributed by atoms with Crippen LogP contribution in [0.3, 0.4) is 0 Å². The number of rotatable bonds is 6. The normalized spacial score (nSPS) is 22.6. The van der Waals surface area contributed by atoms with Gasteiger partial charge in [0.2, 0.25) is 15.9 Å². The molecule has 2 aliphatic rings. The third-order valence-electron chi connectivity index (χ3n) is 6.32. The second kappa shape index (κ2) is 10.2. The van der Waals surface area contributed by atoms with E-state index in [2.05, 4.69) is 5.32 Å². The van der Waals surface area contributed by atoms with Gasteiger partial charge in [0.15, 0.2) is 0 Å². The minimum absolute atomic E-state index is 0.0290. The summed E-state index contributed by atoms with van der Waals surface area (Å²) in [6.07, 6.45) is 4.24. The number of nitrogens with zero attached hydrogens (tertiary/aromatic N) is 2. The number of methoxy groups -OCH3 is 1. The molecule has 8 nitrogen and oxygen atoms in total. The van der Waals surface area contributed by atoms with Gasteiger partial charge in [0, 0.05) is 43.2 Å². The first kappa shape index (κ1) is 24.5. The molecule has 2 heterocycles. The van der Waals surface area contributed by atoms with Gasteiger partial charge in [-0.2, -0.15) is 4.31 Å². The van der Waals surface area contributed by atoms with Gasteiger partial charge in [0.1, 0.15) is 10.6 Å². The Morgan fingerprint density at radius 3 is 2.53 bits per heavy atom. The van der Waals surface area contributed by atoms with Crippen molar-refractivity contribution >= 4 is 21.8 Å². The van der Waals surface area contributed by atoms with Crippen molar-refractivity contribution in [3.05, 3.63) is 23.8 Å². The first-order chi connectivity index (χ1) is 15.1. The van der Waals surface area contributed by atoms with E-state index in [-0.39, 0.29) is 40.5 Å². The van der Waals surface area contributed by atoms with E-state index in [1.165, 1.54) is 17.5 Å². The van der Waals surface area contributed by atoms with Crippen molar-refractivity contribution in [2.45, 2.75) is 69.9 Å². The zero-order valence-electron chi connectivity index (χ0n) is 19.5. The molecule has 0 spiro atoms. The van der Waals surface area contributed by atoms with Crippen molar-refractivity contribution < 1.29 is 22.7 Å². The van der Waals surface area contributed by atoms with Crippen molar-refractivity contribution in [3.8, 4) is 5.75 Å². The van der Waals surface area contributed by atoms with Crippen LogP contribution in [0.1, 0.15) is 63.2 Å². The summed E-state index contributed by atoms with van der Waals surface area (Å²) in [5.74, 6) is -0.148. The maximum Gasteiger partial charge on any atom is 0.253 e.